The number of nitrogens with zero attached hydrogens (tertiary/aromatic N) is 2. The van der Waals surface area contributed by atoms with E-state index in [0.717, 1.165) is 19.3 Å². The Bertz CT molecular complexity index is 1060. The number of halogens is 1. The van der Waals surface area contributed by atoms with Crippen LogP contribution >= 0.6 is 11.6 Å². The van der Waals surface area contributed by atoms with Gasteiger partial charge in [-0.3, -0.25) is 14.4 Å². The van der Waals surface area contributed by atoms with Crippen molar-refractivity contribution in [2.75, 3.05) is 33.3 Å². The minimum atomic E-state index is -0.652. The average Bonchev–Trinajstić information content (AvgIpc) is 2.91. The highest BCUT2D eigenvalue weighted by molar-refractivity contribution is 6.33. The number of hydrogen-bond acceptors (Lipinski definition) is 4. The van der Waals surface area contributed by atoms with Gasteiger partial charge in [-0.05, 0) is 62.3 Å². The third-order valence-corrected chi connectivity index (χ3v) is 7.30. The Morgan fingerprint density at radius 1 is 0.886 bits per heavy atom. The quantitative estimate of drug-likeness (QED) is 0.654. The van der Waals surface area contributed by atoms with Crippen LogP contribution in [0.5, 0.6) is 5.75 Å². The Morgan fingerprint density at radius 3 is 2.17 bits per heavy atom. The molecule has 35 heavy (non-hydrogen) atoms. The van der Waals surface area contributed by atoms with E-state index in [9.17, 15) is 14.4 Å². The molecule has 0 radical (unpaired) electrons. The molecule has 0 bridgehead atoms. The van der Waals surface area contributed by atoms with Crippen molar-refractivity contribution in [2.24, 2.45) is 5.92 Å². The van der Waals surface area contributed by atoms with Gasteiger partial charge in [0.05, 0.1) is 23.3 Å². The molecule has 1 N–H and O–H groups in total. The first-order valence-electron chi connectivity index (χ1n) is 12.3. The number of methoxy groups -OCH3 is 1. The summed E-state index contributed by atoms with van der Waals surface area (Å²) in [7, 11) is 1.55. The van der Waals surface area contributed by atoms with Crippen molar-refractivity contribution in [1.29, 1.82) is 0 Å². The average molecular weight is 498 g/mol. The molecule has 8 heteroatoms. The zero-order valence-electron chi connectivity index (χ0n) is 20.0. The van der Waals surface area contributed by atoms with Gasteiger partial charge in [-0.15, -0.1) is 0 Å². The second-order valence-corrected chi connectivity index (χ2v) is 9.55. The molecule has 3 amide bonds. The fraction of sp³-hybridized carbons (Fsp3) is 0.444. The fourth-order valence-corrected chi connectivity index (χ4v) is 5.21. The Morgan fingerprint density at radius 2 is 1.51 bits per heavy atom. The van der Waals surface area contributed by atoms with Crippen LogP contribution in [-0.2, 0) is 4.79 Å². The number of likely N-dealkylation sites (tertiary alicyclic amines) is 2. The van der Waals surface area contributed by atoms with Gasteiger partial charge in [-0.1, -0.05) is 35.9 Å². The number of hydrogen-bond donors (Lipinski definition) is 1. The highest BCUT2D eigenvalue weighted by atomic mass is 35.5. The van der Waals surface area contributed by atoms with Crippen molar-refractivity contribution in [1.82, 2.24) is 15.1 Å². The Kier molecular flexibility index (Phi) is 8.29. The number of nitrogens with one attached hydrogen (secondary N) is 1. The van der Waals surface area contributed by atoms with Crippen LogP contribution in [0.25, 0.3) is 0 Å². The lowest BCUT2D eigenvalue weighted by Crippen LogP contribution is -2.55. The van der Waals surface area contributed by atoms with Crippen LogP contribution in [0.2, 0.25) is 5.02 Å². The third-order valence-electron chi connectivity index (χ3n) is 6.97. The maximum absolute atomic E-state index is 13.6. The summed E-state index contributed by atoms with van der Waals surface area (Å²) >= 11 is 6.24. The van der Waals surface area contributed by atoms with E-state index in [4.69, 9.17) is 16.3 Å². The molecule has 1 unspecified atom stereocenters. The number of rotatable bonds is 6. The van der Waals surface area contributed by atoms with Crippen LogP contribution in [-0.4, -0.2) is 66.9 Å². The first kappa shape index (κ1) is 25.0. The molecule has 2 heterocycles. The van der Waals surface area contributed by atoms with Crippen molar-refractivity contribution in [2.45, 2.75) is 38.1 Å². The first-order chi connectivity index (χ1) is 17.0. The maximum Gasteiger partial charge on any atom is 0.257 e. The van der Waals surface area contributed by atoms with E-state index in [0.29, 0.717) is 60.9 Å². The zero-order chi connectivity index (χ0) is 24.8. The fourth-order valence-electron chi connectivity index (χ4n) is 4.98. The van der Waals surface area contributed by atoms with Gasteiger partial charge >= 0.3 is 0 Å². The smallest absolute Gasteiger partial charge is 0.257 e. The summed E-state index contributed by atoms with van der Waals surface area (Å²) in [6, 6.07) is 13.4. The molecule has 2 aromatic rings. The van der Waals surface area contributed by atoms with Crippen LogP contribution < -0.4 is 10.1 Å². The van der Waals surface area contributed by atoms with Gasteiger partial charge < -0.3 is 19.9 Å². The highest BCUT2D eigenvalue weighted by Crippen LogP contribution is 2.27. The van der Waals surface area contributed by atoms with Crippen molar-refractivity contribution in [3.63, 3.8) is 0 Å². The number of para-hydroxylation sites is 1. The third kappa shape index (κ3) is 5.78. The van der Waals surface area contributed by atoms with Crippen LogP contribution in [0.1, 0.15) is 52.8 Å². The number of piperidine rings is 2. The van der Waals surface area contributed by atoms with E-state index < -0.39 is 6.04 Å². The van der Waals surface area contributed by atoms with Crippen molar-refractivity contribution < 1.29 is 19.1 Å². The second kappa shape index (κ2) is 11.6. The van der Waals surface area contributed by atoms with E-state index in [1.165, 1.54) is 0 Å². The van der Waals surface area contributed by atoms with Gasteiger partial charge in [-0.2, -0.15) is 0 Å². The van der Waals surface area contributed by atoms with Gasteiger partial charge in [-0.25, -0.2) is 0 Å². The molecule has 0 aromatic heterocycles. The molecule has 1 atom stereocenters. The Balaban J connectivity index is 1.48. The molecule has 186 valence electrons. The molecule has 0 saturated carbocycles. The standard InChI is InChI=1S/C27H32ClN3O4/c1-35-23-12-6-4-10-21(23)26(33)31-17-13-19(14-18-31)24(27(34)30-15-7-2-8-16-30)29-25(32)20-9-3-5-11-22(20)28/h3-6,9-12,19,24H,2,7-8,13-18H2,1H3,(H,29,32). The van der Waals surface area contributed by atoms with Gasteiger partial charge in [0.15, 0.2) is 0 Å². The molecule has 2 aliphatic rings. The van der Waals surface area contributed by atoms with Gasteiger partial charge in [0.1, 0.15) is 11.8 Å². The molecule has 2 fully saturated rings. The van der Waals surface area contributed by atoms with E-state index in [1.807, 2.05) is 17.0 Å². The lowest BCUT2D eigenvalue weighted by molar-refractivity contribution is -0.136. The summed E-state index contributed by atoms with van der Waals surface area (Å²) in [4.78, 5) is 43.4. The minimum absolute atomic E-state index is 0.0420. The Hall–Kier alpha value is -3.06. The SMILES string of the molecule is COc1ccccc1C(=O)N1CCC(C(NC(=O)c2ccccc2Cl)C(=O)N2CCCCC2)CC1. The summed E-state index contributed by atoms with van der Waals surface area (Å²) < 4.78 is 5.35. The molecule has 7 nitrogen and oxygen atoms in total. The summed E-state index contributed by atoms with van der Waals surface area (Å²) in [6.45, 7) is 2.44. The van der Waals surface area contributed by atoms with Crippen LogP contribution in [0.4, 0.5) is 0 Å². The lowest BCUT2D eigenvalue weighted by Gasteiger charge is -2.38. The number of ether oxygens (including phenoxy) is 1. The Labute approximate surface area is 211 Å². The summed E-state index contributed by atoms with van der Waals surface area (Å²) in [5.41, 5.74) is 0.885. The second-order valence-electron chi connectivity index (χ2n) is 9.15. The summed E-state index contributed by atoms with van der Waals surface area (Å²) in [6.07, 6.45) is 4.30. The minimum Gasteiger partial charge on any atom is -0.496 e. The van der Waals surface area contributed by atoms with Crippen LogP contribution in [0, 0.1) is 5.92 Å². The summed E-state index contributed by atoms with van der Waals surface area (Å²) in [5.74, 6) is 0.000341. The van der Waals surface area contributed by atoms with Gasteiger partial charge in [0.25, 0.3) is 11.8 Å². The normalized spacial score (nSPS) is 17.5. The topological polar surface area (TPSA) is 79.0 Å². The first-order valence-corrected chi connectivity index (χ1v) is 12.6. The molecule has 4 rings (SSSR count). The summed E-state index contributed by atoms with van der Waals surface area (Å²) in [5, 5.41) is 3.35. The number of benzene rings is 2. The van der Waals surface area contributed by atoms with Crippen molar-refractivity contribution >= 4 is 29.3 Å². The predicted molar refractivity (Wildman–Crippen MR) is 135 cm³/mol. The number of carbonyl (C=O) groups excluding carboxylic acids is 3. The molecule has 2 aliphatic heterocycles. The predicted octanol–water partition coefficient (Wildman–Crippen LogP) is 4.01. The number of amides is 3. The lowest BCUT2D eigenvalue weighted by atomic mass is 9.87. The van der Waals surface area contributed by atoms with Gasteiger partial charge in [0.2, 0.25) is 5.91 Å². The highest BCUT2D eigenvalue weighted by Gasteiger charge is 2.37. The molecule has 0 spiro atoms. The van der Waals surface area contributed by atoms with Crippen LogP contribution in [0.3, 0.4) is 0 Å². The zero-order valence-corrected chi connectivity index (χ0v) is 20.8. The van der Waals surface area contributed by atoms with E-state index in [-0.39, 0.29) is 23.6 Å². The molecule has 2 aromatic carbocycles. The molecular weight excluding hydrogens is 466 g/mol. The van der Waals surface area contributed by atoms with Gasteiger partial charge in [0, 0.05) is 26.2 Å². The van der Waals surface area contributed by atoms with Crippen molar-refractivity contribution in [3.05, 3.63) is 64.7 Å². The molecular formula is C27H32ClN3O4. The van der Waals surface area contributed by atoms with Crippen LogP contribution in [0.15, 0.2) is 48.5 Å². The molecule has 2 saturated heterocycles. The monoisotopic (exact) mass is 497 g/mol. The largest absolute Gasteiger partial charge is 0.496 e. The van der Waals surface area contributed by atoms with E-state index in [1.54, 1.807) is 48.4 Å². The van der Waals surface area contributed by atoms with E-state index >= 15 is 0 Å². The molecule has 0 aliphatic carbocycles. The van der Waals surface area contributed by atoms with Crippen molar-refractivity contribution in [3.8, 4) is 5.75 Å². The maximum atomic E-state index is 13.6. The number of carbonyl (C=O) groups is 3. The van der Waals surface area contributed by atoms with E-state index in [2.05, 4.69) is 5.32 Å².